The van der Waals surface area contributed by atoms with Gasteiger partial charge in [-0.2, -0.15) is 0 Å². The van der Waals surface area contributed by atoms with E-state index in [1.807, 2.05) is 68.4 Å². The minimum atomic E-state index is -0.831. The summed E-state index contributed by atoms with van der Waals surface area (Å²) < 4.78 is 11.0. The monoisotopic (exact) mass is 514 g/mol. The number of nitrogens with one attached hydrogen (secondary N) is 1. The molecule has 2 atom stereocenters. The molecule has 0 aromatic heterocycles. The molecule has 0 saturated carbocycles. The van der Waals surface area contributed by atoms with Gasteiger partial charge in [0.05, 0.1) is 0 Å². The van der Waals surface area contributed by atoms with Gasteiger partial charge < -0.3 is 19.7 Å². The second kappa shape index (κ2) is 12.4. The molecule has 0 fully saturated rings. The van der Waals surface area contributed by atoms with E-state index in [1.165, 1.54) is 11.9 Å². The van der Waals surface area contributed by atoms with Crippen LogP contribution in [0.25, 0.3) is 11.1 Å². The third kappa shape index (κ3) is 6.22. The number of likely N-dealkylation sites (N-methyl/N-ethyl adjacent to an activating group) is 1. The van der Waals surface area contributed by atoms with Crippen molar-refractivity contribution in [3.8, 4) is 11.1 Å². The van der Waals surface area contributed by atoms with Crippen molar-refractivity contribution in [2.45, 2.75) is 38.8 Å². The molecule has 0 aliphatic heterocycles. The highest BCUT2D eigenvalue weighted by Gasteiger charge is 2.32. The molecule has 0 saturated heterocycles. The molecule has 1 N–H and O–H groups in total. The summed E-state index contributed by atoms with van der Waals surface area (Å²) in [5.74, 6) is -1.13. The minimum Gasteiger partial charge on any atom is -0.459 e. The van der Waals surface area contributed by atoms with Crippen molar-refractivity contribution in [2.24, 2.45) is 5.92 Å². The predicted octanol–water partition coefficient (Wildman–Crippen LogP) is 5.14. The van der Waals surface area contributed by atoms with Gasteiger partial charge in [0.15, 0.2) is 0 Å². The summed E-state index contributed by atoms with van der Waals surface area (Å²) in [6.45, 7) is 3.90. The summed E-state index contributed by atoms with van der Waals surface area (Å²) in [6.07, 6.45) is -0.00243. The standard InChI is InChI=1S/C31H34N2O5/c1-4-21(2)29(30(35)33(3)18-28(34)37-19-22-12-6-5-7-13-22)32-31(36)38-20-27-25-16-10-8-14-23(25)24-15-9-11-17-26(24)27/h5-17,21,27,29H,4,18-20H2,1-3H3,(H,32,36)/t21-,29-/m0/s1. The summed E-state index contributed by atoms with van der Waals surface area (Å²) in [4.78, 5) is 39.7. The first kappa shape index (κ1) is 26.9. The van der Waals surface area contributed by atoms with E-state index in [2.05, 4.69) is 29.6 Å². The first-order valence-electron chi connectivity index (χ1n) is 12.9. The molecule has 1 aliphatic rings. The zero-order chi connectivity index (χ0) is 27.1. The topological polar surface area (TPSA) is 84.9 Å². The Bertz CT molecular complexity index is 1230. The van der Waals surface area contributed by atoms with Crippen LogP contribution in [0.15, 0.2) is 78.9 Å². The Labute approximate surface area is 223 Å². The van der Waals surface area contributed by atoms with Gasteiger partial charge in [0, 0.05) is 13.0 Å². The zero-order valence-electron chi connectivity index (χ0n) is 22.1. The normalized spacial score (nSPS) is 13.6. The lowest BCUT2D eigenvalue weighted by Crippen LogP contribution is -2.52. The van der Waals surface area contributed by atoms with Crippen LogP contribution < -0.4 is 5.32 Å². The molecule has 0 spiro atoms. The van der Waals surface area contributed by atoms with E-state index in [9.17, 15) is 14.4 Å². The van der Waals surface area contributed by atoms with Gasteiger partial charge in [0.1, 0.15) is 25.8 Å². The van der Waals surface area contributed by atoms with Gasteiger partial charge >= 0.3 is 12.1 Å². The molecule has 38 heavy (non-hydrogen) atoms. The molecule has 7 heteroatoms. The number of fused-ring (bicyclic) bond motifs is 3. The van der Waals surface area contributed by atoms with Crippen LogP contribution in [0.1, 0.15) is 42.9 Å². The molecule has 3 aromatic rings. The van der Waals surface area contributed by atoms with Crippen LogP contribution in [0.4, 0.5) is 4.79 Å². The molecule has 0 radical (unpaired) electrons. The maximum absolute atomic E-state index is 13.2. The summed E-state index contributed by atoms with van der Waals surface area (Å²) >= 11 is 0. The lowest BCUT2D eigenvalue weighted by molar-refractivity contribution is -0.150. The molecule has 7 nitrogen and oxygen atoms in total. The fourth-order valence-corrected chi connectivity index (χ4v) is 4.74. The van der Waals surface area contributed by atoms with Gasteiger partial charge in [-0.25, -0.2) is 4.79 Å². The van der Waals surface area contributed by atoms with E-state index in [0.717, 1.165) is 27.8 Å². The molecule has 3 aromatic carbocycles. The van der Waals surface area contributed by atoms with Crippen LogP contribution in [-0.2, 0) is 25.7 Å². The van der Waals surface area contributed by atoms with E-state index in [1.54, 1.807) is 0 Å². The third-order valence-corrected chi connectivity index (χ3v) is 7.08. The number of hydrogen-bond donors (Lipinski definition) is 1. The van der Waals surface area contributed by atoms with Crippen molar-refractivity contribution in [2.75, 3.05) is 20.2 Å². The summed E-state index contributed by atoms with van der Waals surface area (Å²) in [5.41, 5.74) is 5.38. The zero-order valence-corrected chi connectivity index (χ0v) is 22.1. The van der Waals surface area contributed by atoms with Gasteiger partial charge in [0.2, 0.25) is 5.91 Å². The lowest BCUT2D eigenvalue weighted by atomic mass is 9.98. The highest BCUT2D eigenvalue weighted by Crippen LogP contribution is 2.44. The molecule has 4 rings (SSSR count). The molecular formula is C31H34N2O5. The molecule has 0 bridgehead atoms. The number of carbonyl (C=O) groups is 3. The molecule has 198 valence electrons. The fraction of sp³-hybridized carbons (Fsp3) is 0.323. The third-order valence-electron chi connectivity index (χ3n) is 7.08. The van der Waals surface area contributed by atoms with E-state index in [4.69, 9.17) is 9.47 Å². The maximum Gasteiger partial charge on any atom is 0.407 e. The summed E-state index contributed by atoms with van der Waals surface area (Å²) in [6, 6.07) is 24.7. The first-order chi connectivity index (χ1) is 18.4. The van der Waals surface area contributed by atoms with E-state index >= 15 is 0 Å². The largest absolute Gasteiger partial charge is 0.459 e. The number of esters is 1. The Hall–Kier alpha value is -4.13. The van der Waals surface area contributed by atoms with E-state index < -0.39 is 18.1 Å². The average Bonchev–Trinajstić information content (AvgIpc) is 3.27. The maximum atomic E-state index is 13.2. The second-order valence-corrected chi connectivity index (χ2v) is 9.67. The van der Waals surface area contributed by atoms with Crippen LogP contribution in [0.5, 0.6) is 0 Å². The van der Waals surface area contributed by atoms with E-state index in [0.29, 0.717) is 6.42 Å². The average molecular weight is 515 g/mol. The Morgan fingerprint density at radius 3 is 2.05 bits per heavy atom. The summed E-state index contributed by atoms with van der Waals surface area (Å²) in [7, 11) is 1.53. The number of alkyl carbamates (subject to hydrolysis) is 1. The Balaban J connectivity index is 1.35. The van der Waals surface area contributed by atoms with Crippen molar-refractivity contribution >= 4 is 18.0 Å². The molecule has 0 unspecified atom stereocenters. The predicted molar refractivity (Wildman–Crippen MR) is 145 cm³/mol. The molecule has 1 aliphatic carbocycles. The van der Waals surface area contributed by atoms with Crippen LogP contribution in [0.2, 0.25) is 0 Å². The van der Waals surface area contributed by atoms with Gasteiger partial charge in [-0.1, -0.05) is 99.1 Å². The number of ether oxygens (including phenoxy) is 2. The lowest BCUT2D eigenvalue weighted by Gasteiger charge is -2.27. The number of rotatable bonds is 10. The molecule has 2 amide bonds. The van der Waals surface area contributed by atoms with E-state index in [-0.39, 0.29) is 37.5 Å². The first-order valence-corrected chi connectivity index (χ1v) is 12.9. The van der Waals surface area contributed by atoms with Crippen molar-refractivity contribution < 1.29 is 23.9 Å². The van der Waals surface area contributed by atoms with Crippen molar-refractivity contribution in [1.29, 1.82) is 0 Å². The van der Waals surface area contributed by atoms with Gasteiger partial charge in [-0.05, 0) is 33.7 Å². The molecule has 0 heterocycles. The number of hydrogen-bond acceptors (Lipinski definition) is 5. The quantitative estimate of drug-likeness (QED) is 0.379. The van der Waals surface area contributed by atoms with Crippen molar-refractivity contribution in [3.63, 3.8) is 0 Å². The smallest absolute Gasteiger partial charge is 0.407 e. The Morgan fingerprint density at radius 2 is 1.45 bits per heavy atom. The number of benzene rings is 3. The number of nitrogens with zero attached hydrogens (tertiary/aromatic N) is 1. The van der Waals surface area contributed by atoms with Crippen molar-refractivity contribution in [3.05, 3.63) is 95.6 Å². The van der Waals surface area contributed by atoms with Gasteiger partial charge in [-0.3, -0.25) is 9.59 Å². The minimum absolute atomic E-state index is 0.0760. The Morgan fingerprint density at radius 1 is 0.868 bits per heavy atom. The highest BCUT2D eigenvalue weighted by molar-refractivity contribution is 5.88. The fourth-order valence-electron chi connectivity index (χ4n) is 4.74. The van der Waals surface area contributed by atoms with Crippen LogP contribution >= 0.6 is 0 Å². The number of carbonyl (C=O) groups excluding carboxylic acids is 3. The van der Waals surface area contributed by atoms with Gasteiger partial charge in [-0.15, -0.1) is 0 Å². The van der Waals surface area contributed by atoms with Crippen LogP contribution in [0.3, 0.4) is 0 Å². The SMILES string of the molecule is CC[C@H](C)[C@H](NC(=O)OCC1c2ccccc2-c2ccccc21)C(=O)N(C)CC(=O)OCc1ccccc1. The second-order valence-electron chi connectivity index (χ2n) is 9.67. The van der Waals surface area contributed by atoms with Crippen molar-refractivity contribution in [1.82, 2.24) is 10.2 Å². The van der Waals surface area contributed by atoms with Crippen LogP contribution in [-0.4, -0.2) is 49.1 Å². The van der Waals surface area contributed by atoms with Gasteiger partial charge in [0.25, 0.3) is 0 Å². The Kier molecular flexibility index (Phi) is 8.79. The summed E-state index contributed by atoms with van der Waals surface area (Å²) in [5, 5.41) is 2.75. The van der Waals surface area contributed by atoms with Crippen LogP contribution in [0, 0.1) is 5.92 Å². The highest BCUT2D eigenvalue weighted by atomic mass is 16.5. The molecular weight excluding hydrogens is 480 g/mol. The number of amides is 2.